The van der Waals surface area contributed by atoms with Crippen molar-refractivity contribution in [3.05, 3.63) is 34.0 Å². The van der Waals surface area contributed by atoms with Gasteiger partial charge in [0.15, 0.2) is 0 Å². The molecule has 6 nitrogen and oxygen atoms in total. The number of hydrogen-bond donors (Lipinski definition) is 2. The van der Waals surface area contributed by atoms with Crippen LogP contribution in [-0.4, -0.2) is 28.6 Å². The molecule has 0 aliphatic carbocycles. The number of carboxylic acid groups (broad SMARTS) is 1. The summed E-state index contributed by atoms with van der Waals surface area (Å²) in [5, 5.41) is 22.0. The Kier molecular flexibility index (Phi) is 7.62. The van der Waals surface area contributed by atoms with Gasteiger partial charge in [0.05, 0.1) is 17.9 Å². The van der Waals surface area contributed by atoms with Crippen molar-refractivity contribution in [2.75, 3.05) is 6.54 Å². The van der Waals surface area contributed by atoms with Crippen molar-refractivity contribution in [1.29, 1.82) is 0 Å². The molecule has 0 saturated heterocycles. The second-order valence-electron chi connectivity index (χ2n) is 3.63. The lowest BCUT2D eigenvalue weighted by atomic mass is 10.2. The number of nitrogens with zero attached hydrogens (tertiary/aromatic N) is 1. The quantitative estimate of drug-likeness (QED) is 0.383. The molecular weight excluding hydrogens is 224 g/mol. The molecule has 0 amide bonds. The van der Waals surface area contributed by atoms with Crippen LogP contribution < -0.4 is 5.32 Å². The Morgan fingerprint density at radius 2 is 2.24 bits per heavy atom. The van der Waals surface area contributed by atoms with Crippen LogP contribution in [0.1, 0.15) is 26.7 Å². The molecule has 96 valence electrons. The van der Waals surface area contributed by atoms with Crippen LogP contribution in [0.25, 0.3) is 0 Å². The molecule has 0 aromatic rings. The minimum Gasteiger partial charge on any atom is -0.481 e. The second kappa shape index (κ2) is 8.46. The number of allylic oxidation sites excluding steroid dienone is 3. The number of carbonyl (C=O) groups is 1. The molecule has 0 radical (unpaired) electrons. The summed E-state index contributed by atoms with van der Waals surface area (Å²) in [6.45, 7) is 3.66. The zero-order valence-corrected chi connectivity index (χ0v) is 10.0. The van der Waals surface area contributed by atoms with E-state index in [0.717, 1.165) is 6.42 Å². The van der Waals surface area contributed by atoms with Crippen LogP contribution in [0.15, 0.2) is 23.9 Å². The van der Waals surface area contributed by atoms with E-state index in [9.17, 15) is 14.9 Å². The second-order valence-corrected chi connectivity index (χ2v) is 3.63. The number of nitro groups is 1. The van der Waals surface area contributed by atoms with Gasteiger partial charge in [0, 0.05) is 12.1 Å². The van der Waals surface area contributed by atoms with Gasteiger partial charge in [0.25, 0.3) is 5.70 Å². The predicted molar refractivity (Wildman–Crippen MR) is 64.2 cm³/mol. The molecule has 0 aromatic carbocycles. The van der Waals surface area contributed by atoms with E-state index in [0.29, 0.717) is 0 Å². The summed E-state index contributed by atoms with van der Waals surface area (Å²) in [5.41, 5.74) is 0.0203. The molecular formula is C11H18N2O4. The maximum absolute atomic E-state index is 10.7. The van der Waals surface area contributed by atoms with Crippen molar-refractivity contribution in [1.82, 2.24) is 5.32 Å². The lowest BCUT2D eigenvalue weighted by Gasteiger charge is -2.09. The highest BCUT2D eigenvalue weighted by Gasteiger charge is 2.12. The Balaban J connectivity index is 4.27. The van der Waals surface area contributed by atoms with E-state index in [2.05, 4.69) is 5.32 Å². The molecule has 0 rings (SSSR count). The molecule has 0 aromatic heterocycles. The van der Waals surface area contributed by atoms with Gasteiger partial charge < -0.3 is 10.4 Å². The summed E-state index contributed by atoms with van der Waals surface area (Å²) in [7, 11) is 0. The molecule has 0 aliphatic heterocycles. The van der Waals surface area contributed by atoms with E-state index in [1.165, 1.54) is 6.08 Å². The third-order valence-corrected chi connectivity index (χ3v) is 2.01. The Hall–Kier alpha value is -1.69. The third-order valence-electron chi connectivity index (χ3n) is 2.01. The number of nitrogens with one attached hydrogen (secondary N) is 1. The number of rotatable bonds is 8. The lowest BCUT2D eigenvalue weighted by molar-refractivity contribution is -0.426. The Bertz CT molecular complexity index is 323. The first-order valence-electron chi connectivity index (χ1n) is 5.42. The summed E-state index contributed by atoms with van der Waals surface area (Å²) in [5.74, 6) is -0.928. The van der Waals surface area contributed by atoms with E-state index in [4.69, 9.17) is 5.11 Å². The van der Waals surface area contributed by atoms with Crippen molar-refractivity contribution < 1.29 is 14.8 Å². The van der Waals surface area contributed by atoms with Gasteiger partial charge in [-0.1, -0.05) is 19.1 Å². The summed E-state index contributed by atoms with van der Waals surface area (Å²) in [4.78, 5) is 20.6. The fraction of sp³-hybridized carbons (Fsp3) is 0.545. The van der Waals surface area contributed by atoms with Gasteiger partial charge in [0.1, 0.15) is 0 Å². The number of hydrogen-bond acceptors (Lipinski definition) is 4. The van der Waals surface area contributed by atoms with Crippen molar-refractivity contribution >= 4 is 5.97 Å². The molecule has 0 fully saturated rings. The largest absolute Gasteiger partial charge is 0.481 e. The molecule has 1 atom stereocenters. The first-order valence-corrected chi connectivity index (χ1v) is 5.42. The van der Waals surface area contributed by atoms with Gasteiger partial charge in [-0.2, -0.15) is 0 Å². The van der Waals surface area contributed by atoms with Crippen molar-refractivity contribution in [3.8, 4) is 0 Å². The van der Waals surface area contributed by atoms with Gasteiger partial charge in [-0.25, -0.2) is 0 Å². The molecule has 0 spiro atoms. The minimum atomic E-state index is -0.928. The van der Waals surface area contributed by atoms with Crippen LogP contribution in [0.2, 0.25) is 0 Å². The van der Waals surface area contributed by atoms with Crippen LogP contribution in [0.3, 0.4) is 0 Å². The van der Waals surface area contributed by atoms with Crippen LogP contribution >= 0.6 is 0 Å². The minimum absolute atomic E-state index is 0.0203. The average Bonchev–Trinajstić information content (AvgIpc) is 2.21. The Labute approximate surface area is 100 Å². The number of carboxylic acids is 1. The summed E-state index contributed by atoms with van der Waals surface area (Å²) in [6, 6.07) is -0.300. The topological polar surface area (TPSA) is 92.5 Å². The van der Waals surface area contributed by atoms with Crippen molar-refractivity contribution in [2.24, 2.45) is 0 Å². The maximum Gasteiger partial charge on any atom is 0.304 e. The molecule has 0 heterocycles. The SMILES string of the molecule is CC/C=C\C=C(/CNC(C)CC(=O)O)[N+](=O)[O-]. The highest BCUT2D eigenvalue weighted by Crippen LogP contribution is 1.98. The van der Waals surface area contributed by atoms with Crippen molar-refractivity contribution in [3.63, 3.8) is 0 Å². The summed E-state index contributed by atoms with van der Waals surface area (Å²) >= 11 is 0. The molecule has 17 heavy (non-hydrogen) atoms. The van der Waals surface area contributed by atoms with Gasteiger partial charge in [-0.15, -0.1) is 0 Å². The molecule has 0 bridgehead atoms. The normalized spacial score (nSPS) is 13.9. The summed E-state index contributed by atoms with van der Waals surface area (Å²) in [6.07, 6.45) is 5.61. The summed E-state index contributed by atoms with van der Waals surface area (Å²) < 4.78 is 0. The highest BCUT2D eigenvalue weighted by molar-refractivity contribution is 5.67. The van der Waals surface area contributed by atoms with E-state index >= 15 is 0 Å². The van der Waals surface area contributed by atoms with E-state index in [-0.39, 0.29) is 24.7 Å². The average molecular weight is 242 g/mol. The van der Waals surface area contributed by atoms with E-state index in [1.54, 1.807) is 13.0 Å². The van der Waals surface area contributed by atoms with Gasteiger partial charge in [0.2, 0.25) is 0 Å². The molecule has 0 aliphatic rings. The van der Waals surface area contributed by atoms with E-state index in [1.807, 2.05) is 13.0 Å². The number of aliphatic carboxylic acids is 1. The third kappa shape index (κ3) is 8.15. The van der Waals surface area contributed by atoms with Crippen LogP contribution in [0, 0.1) is 10.1 Å². The molecule has 1 unspecified atom stereocenters. The monoisotopic (exact) mass is 242 g/mol. The first-order chi connectivity index (χ1) is 7.97. The zero-order chi connectivity index (χ0) is 13.3. The predicted octanol–water partition coefficient (Wildman–Crippen LogP) is 1.57. The molecule has 0 saturated carbocycles. The zero-order valence-electron chi connectivity index (χ0n) is 10.0. The van der Waals surface area contributed by atoms with E-state index < -0.39 is 10.9 Å². The highest BCUT2D eigenvalue weighted by atomic mass is 16.6. The Morgan fingerprint density at radius 1 is 1.59 bits per heavy atom. The maximum atomic E-state index is 10.7. The van der Waals surface area contributed by atoms with Crippen molar-refractivity contribution in [2.45, 2.75) is 32.7 Å². The molecule has 2 N–H and O–H groups in total. The van der Waals surface area contributed by atoms with Crippen LogP contribution in [0.4, 0.5) is 0 Å². The molecule has 6 heteroatoms. The van der Waals surface area contributed by atoms with Gasteiger partial charge in [-0.05, 0) is 13.3 Å². The first kappa shape index (κ1) is 15.3. The van der Waals surface area contributed by atoms with Crippen LogP contribution in [-0.2, 0) is 4.79 Å². The fourth-order valence-electron chi connectivity index (χ4n) is 1.11. The fourth-order valence-corrected chi connectivity index (χ4v) is 1.11. The van der Waals surface area contributed by atoms with Gasteiger partial charge >= 0.3 is 5.97 Å². The lowest BCUT2D eigenvalue weighted by Crippen LogP contribution is -2.31. The standard InChI is InChI=1S/C11H18N2O4/c1-3-4-5-6-10(13(16)17)8-12-9(2)7-11(14)15/h4-6,9,12H,3,7-8H2,1-2H3,(H,14,15)/b5-4-,10-6+. The van der Waals surface area contributed by atoms with Gasteiger partial charge in [-0.3, -0.25) is 14.9 Å². The van der Waals surface area contributed by atoms with Crippen LogP contribution in [0.5, 0.6) is 0 Å². The Morgan fingerprint density at radius 3 is 2.71 bits per heavy atom. The smallest absolute Gasteiger partial charge is 0.304 e.